The lowest BCUT2D eigenvalue weighted by molar-refractivity contribution is -0.138. The molecule has 0 amide bonds. The standard InChI is InChI=1S/C51H23F12N7/c52-48(53,54)29-8-14-39-35(20-29)36-21-30(49(55,56)57)9-15-40(36)69(39)43-18-26(24-64)6-12-33(43)46-66-45(28-4-2-1-3-5-28)67-47(68-46)34-13-7-27(25-65)19-44(34)70-41-16-10-31(50(58,59)60)22-37(41)38-23-32(51(61,62)63)11-17-42(38)70/h1-23H. The van der Waals surface area contributed by atoms with Gasteiger partial charge in [0.25, 0.3) is 0 Å². The molecule has 0 saturated carbocycles. The summed E-state index contributed by atoms with van der Waals surface area (Å²) in [4.78, 5) is 14.4. The van der Waals surface area contributed by atoms with Crippen molar-refractivity contribution in [3.8, 4) is 57.7 Å². The minimum absolute atomic E-state index is 0.00457. The SMILES string of the molecule is N#Cc1ccc(-c2nc(-c3ccccc3)nc(-c3ccc(C#N)cc3-n3c4ccc(C(F)(F)F)cc4c4cc(C(F)(F)F)ccc43)n2)c(-n2c3ccc(C(F)(F)F)cc3c3cc(C(F)(F)F)ccc32)c1. The maximum atomic E-state index is 14.1. The first-order valence-corrected chi connectivity index (χ1v) is 20.5. The molecular formula is C51H23F12N7. The van der Waals surface area contributed by atoms with E-state index in [9.17, 15) is 63.2 Å². The lowest BCUT2D eigenvalue weighted by Gasteiger charge is -2.17. The number of alkyl halides is 12. The summed E-state index contributed by atoms with van der Waals surface area (Å²) in [6.07, 6.45) is -19.5. The molecule has 19 heteroatoms. The van der Waals surface area contributed by atoms with Gasteiger partial charge in [-0.05, 0) is 109 Å². The largest absolute Gasteiger partial charge is 0.416 e. The first-order valence-electron chi connectivity index (χ1n) is 20.5. The first kappa shape index (κ1) is 45.1. The maximum absolute atomic E-state index is 14.1. The summed E-state index contributed by atoms with van der Waals surface area (Å²) in [5.41, 5.74) is -3.80. The van der Waals surface area contributed by atoms with Crippen molar-refractivity contribution < 1.29 is 52.7 Å². The Morgan fingerprint density at radius 1 is 0.357 bits per heavy atom. The van der Waals surface area contributed by atoms with Crippen LogP contribution < -0.4 is 0 Å². The molecule has 0 atom stereocenters. The third kappa shape index (κ3) is 7.74. The molecule has 0 aliphatic rings. The van der Waals surface area contributed by atoms with Crippen molar-refractivity contribution in [1.82, 2.24) is 24.1 Å². The number of nitriles is 2. The quantitative estimate of drug-likeness (QED) is 0.160. The third-order valence-electron chi connectivity index (χ3n) is 11.7. The van der Waals surface area contributed by atoms with Gasteiger partial charge in [-0.15, -0.1) is 0 Å². The smallest absolute Gasteiger partial charge is 0.308 e. The van der Waals surface area contributed by atoms with Crippen molar-refractivity contribution in [2.45, 2.75) is 24.7 Å². The molecule has 0 aliphatic carbocycles. The van der Waals surface area contributed by atoms with Gasteiger partial charge in [-0.1, -0.05) is 30.3 Å². The van der Waals surface area contributed by atoms with Gasteiger partial charge in [0.2, 0.25) is 0 Å². The molecule has 0 saturated heterocycles. The minimum atomic E-state index is -4.88. The fraction of sp³-hybridized carbons (Fsp3) is 0.0784. The monoisotopic (exact) mass is 961 g/mol. The van der Waals surface area contributed by atoms with Gasteiger partial charge in [-0.3, -0.25) is 0 Å². The van der Waals surface area contributed by atoms with E-state index < -0.39 is 47.0 Å². The normalized spacial score (nSPS) is 12.5. The molecule has 10 rings (SSSR count). The van der Waals surface area contributed by atoms with Crippen LogP contribution in [-0.4, -0.2) is 24.1 Å². The zero-order chi connectivity index (χ0) is 49.7. The van der Waals surface area contributed by atoms with Crippen LogP contribution in [0.3, 0.4) is 0 Å². The second kappa shape index (κ2) is 15.9. The minimum Gasteiger partial charge on any atom is -0.308 e. The van der Waals surface area contributed by atoms with Crippen molar-refractivity contribution in [3.05, 3.63) is 173 Å². The summed E-state index contributed by atoms with van der Waals surface area (Å²) >= 11 is 0. The number of fused-ring (bicyclic) bond motifs is 6. The number of nitrogens with zero attached hydrogens (tertiary/aromatic N) is 7. The lowest BCUT2D eigenvalue weighted by atomic mass is 10.1. The Bertz CT molecular complexity index is 3500. The molecular weight excluding hydrogens is 939 g/mol. The van der Waals surface area contributed by atoms with E-state index in [2.05, 4.69) is 0 Å². The van der Waals surface area contributed by atoms with Gasteiger partial charge in [-0.25, -0.2) is 15.0 Å². The maximum Gasteiger partial charge on any atom is 0.416 e. The van der Waals surface area contributed by atoms with Crippen LogP contribution in [0.25, 0.3) is 89.2 Å². The van der Waals surface area contributed by atoms with Crippen LogP contribution in [0.1, 0.15) is 33.4 Å². The molecule has 0 spiro atoms. The van der Waals surface area contributed by atoms with Crippen LogP contribution >= 0.6 is 0 Å². The predicted molar refractivity (Wildman–Crippen MR) is 234 cm³/mol. The van der Waals surface area contributed by atoms with E-state index in [1.54, 1.807) is 30.3 Å². The van der Waals surface area contributed by atoms with E-state index in [0.29, 0.717) is 5.56 Å². The van der Waals surface area contributed by atoms with Crippen LogP contribution in [0, 0.1) is 22.7 Å². The van der Waals surface area contributed by atoms with Crippen LogP contribution in [0.2, 0.25) is 0 Å². The summed E-state index contributed by atoms with van der Waals surface area (Å²) < 4.78 is 172. The predicted octanol–water partition coefficient (Wildman–Crippen LogP) is 14.9. The highest BCUT2D eigenvalue weighted by Crippen LogP contribution is 2.44. The number of halogens is 12. The molecule has 7 nitrogen and oxygen atoms in total. The van der Waals surface area contributed by atoms with E-state index >= 15 is 0 Å². The molecule has 346 valence electrons. The number of hydrogen-bond acceptors (Lipinski definition) is 5. The van der Waals surface area contributed by atoms with Crippen LogP contribution in [0.4, 0.5) is 52.7 Å². The summed E-state index contributed by atoms with van der Waals surface area (Å²) in [5, 5.41) is 19.4. The summed E-state index contributed by atoms with van der Waals surface area (Å²) in [7, 11) is 0. The van der Waals surface area contributed by atoms with Crippen molar-refractivity contribution in [3.63, 3.8) is 0 Å². The topological polar surface area (TPSA) is 96.1 Å². The van der Waals surface area contributed by atoms with Crippen molar-refractivity contribution in [2.24, 2.45) is 0 Å². The second-order valence-electron chi connectivity index (χ2n) is 15.9. The van der Waals surface area contributed by atoms with E-state index in [1.807, 2.05) is 12.1 Å². The summed E-state index contributed by atoms with van der Waals surface area (Å²) in [5.74, 6) is -0.302. The highest BCUT2D eigenvalue weighted by atomic mass is 19.4. The number of aromatic nitrogens is 5. The Kier molecular flexibility index (Phi) is 10.3. The van der Waals surface area contributed by atoms with Crippen LogP contribution in [0.5, 0.6) is 0 Å². The number of rotatable bonds is 5. The van der Waals surface area contributed by atoms with E-state index in [4.69, 9.17) is 15.0 Å². The van der Waals surface area contributed by atoms with Crippen molar-refractivity contribution in [2.75, 3.05) is 0 Å². The highest BCUT2D eigenvalue weighted by Gasteiger charge is 2.36. The molecule has 10 aromatic rings. The first-order chi connectivity index (χ1) is 33.1. The molecule has 3 aromatic heterocycles. The van der Waals surface area contributed by atoms with Crippen LogP contribution in [-0.2, 0) is 24.7 Å². The molecule has 70 heavy (non-hydrogen) atoms. The van der Waals surface area contributed by atoms with E-state index in [-0.39, 0.29) is 94.7 Å². The number of benzene rings is 7. The molecule has 0 bridgehead atoms. The third-order valence-corrected chi connectivity index (χ3v) is 11.7. The zero-order valence-corrected chi connectivity index (χ0v) is 34.9. The second-order valence-corrected chi connectivity index (χ2v) is 15.9. The van der Waals surface area contributed by atoms with Crippen LogP contribution in [0.15, 0.2) is 140 Å². The van der Waals surface area contributed by atoms with Gasteiger partial charge < -0.3 is 9.13 Å². The molecule has 0 radical (unpaired) electrons. The molecule has 0 fully saturated rings. The molecule has 0 N–H and O–H groups in total. The molecule has 0 aliphatic heterocycles. The Morgan fingerprint density at radius 2 is 0.671 bits per heavy atom. The van der Waals surface area contributed by atoms with Crippen molar-refractivity contribution >= 4 is 43.6 Å². The number of hydrogen-bond donors (Lipinski definition) is 0. The van der Waals surface area contributed by atoms with Gasteiger partial charge in [-0.2, -0.15) is 63.2 Å². The van der Waals surface area contributed by atoms with Crippen molar-refractivity contribution in [1.29, 1.82) is 10.5 Å². The zero-order valence-electron chi connectivity index (χ0n) is 34.9. The Balaban J connectivity index is 1.28. The molecule has 0 unspecified atom stereocenters. The summed E-state index contributed by atoms with van der Waals surface area (Å²) in [6.45, 7) is 0. The Hall–Kier alpha value is -8.71. The van der Waals surface area contributed by atoms with Gasteiger partial charge in [0, 0.05) is 38.2 Å². The molecule has 7 aromatic carbocycles. The van der Waals surface area contributed by atoms with E-state index in [1.165, 1.54) is 45.5 Å². The van der Waals surface area contributed by atoms with Gasteiger partial charge in [0.1, 0.15) is 0 Å². The Morgan fingerprint density at radius 3 is 0.971 bits per heavy atom. The molecule has 3 heterocycles. The highest BCUT2D eigenvalue weighted by molar-refractivity contribution is 6.11. The van der Waals surface area contributed by atoms with Gasteiger partial charge in [0.15, 0.2) is 17.5 Å². The average molecular weight is 962 g/mol. The summed E-state index contributed by atoms with van der Waals surface area (Å²) in [6, 6.07) is 31.0. The average Bonchev–Trinajstić information content (AvgIpc) is 3.84. The van der Waals surface area contributed by atoms with Gasteiger partial charge in [0.05, 0.1) is 79.0 Å². The fourth-order valence-electron chi connectivity index (χ4n) is 8.55. The van der Waals surface area contributed by atoms with E-state index in [0.717, 1.165) is 72.8 Å². The van der Waals surface area contributed by atoms with Gasteiger partial charge >= 0.3 is 24.7 Å². The Labute approximate surface area is 385 Å². The lowest BCUT2D eigenvalue weighted by Crippen LogP contribution is -2.07. The fourth-order valence-corrected chi connectivity index (χ4v) is 8.55.